The highest BCUT2D eigenvalue weighted by molar-refractivity contribution is 7.90. The molecule has 2 aliphatic heterocycles. The van der Waals surface area contributed by atoms with Crippen molar-refractivity contribution in [3.05, 3.63) is 24.3 Å². The van der Waals surface area contributed by atoms with Crippen molar-refractivity contribution in [2.24, 2.45) is 16.7 Å². The molecule has 2 aliphatic carbocycles. The summed E-state index contributed by atoms with van der Waals surface area (Å²) in [5.74, 6) is 1.17. The Balaban J connectivity index is 1.41. The fourth-order valence-electron chi connectivity index (χ4n) is 6.14. The van der Waals surface area contributed by atoms with Crippen molar-refractivity contribution >= 4 is 21.6 Å². The van der Waals surface area contributed by atoms with Crippen molar-refractivity contribution in [2.45, 2.75) is 45.2 Å². The van der Waals surface area contributed by atoms with E-state index < -0.39 is 10.0 Å². The highest BCUT2D eigenvalue weighted by atomic mass is 32.2. The largest absolute Gasteiger partial charge is 0.497 e. The predicted molar refractivity (Wildman–Crippen MR) is 102 cm³/mol. The van der Waals surface area contributed by atoms with Crippen LogP contribution in [0.25, 0.3) is 0 Å². The molecule has 0 N–H and O–H groups in total. The lowest BCUT2D eigenvalue weighted by Gasteiger charge is -2.37. The summed E-state index contributed by atoms with van der Waals surface area (Å²) in [5, 5.41) is 0. The molecule has 0 radical (unpaired) electrons. The Morgan fingerprint density at radius 1 is 1.22 bits per heavy atom. The summed E-state index contributed by atoms with van der Waals surface area (Å²) in [6, 6.07) is 7.01. The minimum atomic E-state index is -3.54. The fourth-order valence-corrected chi connectivity index (χ4v) is 8.71. The number of amides is 1. The molecule has 4 aliphatic rings. The number of anilines is 1. The van der Waals surface area contributed by atoms with E-state index in [2.05, 4.69) is 13.8 Å². The summed E-state index contributed by atoms with van der Waals surface area (Å²) in [4.78, 5) is 15.2. The predicted octanol–water partition coefficient (Wildman–Crippen LogP) is 2.25. The van der Waals surface area contributed by atoms with Gasteiger partial charge in [0.25, 0.3) is 5.91 Å². The number of nitrogens with zero attached hydrogens (tertiary/aromatic N) is 2. The number of hydrogen-bond acceptors (Lipinski definition) is 5. The van der Waals surface area contributed by atoms with E-state index in [1.165, 1.54) is 4.31 Å². The van der Waals surface area contributed by atoms with Gasteiger partial charge in [-0.2, -0.15) is 0 Å². The second-order valence-corrected chi connectivity index (χ2v) is 11.0. The van der Waals surface area contributed by atoms with Gasteiger partial charge in [0.2, 0.25) is 10.0 Å². The minimum absolute atomic E-state index is 0.0149. The number of rotatable bonds is 3. The lowest BCUT2D eigenvalue weighted by Crippen LogP contribution is -2.46. The zero-order valence-corrected chi connectivity index (χ0v) is 16.8. The minimum Gasteiger partial charge on any atom is -0.497 e. The van der Waals surface area contributed by atoms with Gasteiger partial charge in [-0.25, -0.2) is 12.7 Å². The van der Waals surface area contributed by atoms with Gasteiger partial charge in [-0.1, -0.05) is 13.8 Å². The molecule has 6 nitrogen and oxygen atoms in total. The van der Waals surface area contributed by atoms with Crippen LogP contribution in [0.3, 0.4) is 0 Å². The van der Waals surface area contributed by atoms with Crippen LogP contribution in [0.1, 0.15) is 33.1 Å². The van der Waals surface area contributed by atoms with Crippen molar-refractivity contribution < 1.29 is 17.9 Å². The topological polar surface area (TPSA) is 66.7 Å². The van der Waals surface area contributed by atoms with Crippen LogP contribution < -0.4 is 9.64 Å². The van der Waals surface area contributed by atoms with Gasteiger partial charge >= 0.3 is 0 Å². The van der Waals surface area contributed by atoms with Gasteiger partial charge in [-0.15, -0.1) is 0 Å². The molecule has 0 unspecified atom stereocenters. The maximum atomic E-state index is 13.2. The molecule has 2 saturated heterocycles. The molecule has 1 aromatic carbocycles. The Labute approximate surface area is 160 Å². The molecule has 2 saturated carbocycles. The number of hydrogen-bond donors (Lipinski definition) is 0. The van der Waals surface area contributed by atoms with Crippen LogP contribution in [0.2, 0.25) is 0 Å². The molecule has 27 heavy (non-hydrogen) atoms. The second kappa shape index (κ2) is 5.19. The molecule has 146 valence electrons. The molecule has 7 heteroatoms. The Morgan fingerprint density at radius 3 is 2.56 bits per heavy atom. The zero-order valence-electron chi connectivity index (χ0n) is 16.0. The molecule has 4 atom stereocenters. The van der Waals surface area contributed by atoms with Crippen molar-refractivity contribution in [1.82, 2.24) is 4.31 Å². The van der Waals surface area contributed by atoms with Crippen molar-refractivity contribution in [3.8, 4) is 5.75 Å². The molecular formula is C20H26N2O4S. The summed E-state index contributed by atoms with van der Waals surface area (Å²) in [6.07, 6.45) is 2.83. The summed E-state index contributed by atoms with van der Waals surface area (Å²) < 4.78 is 32.5. The molecule has 1 spiro atoms. The molecule has 4 fully saturated rings. The third-order valence-corrected chi connectivity index (χ3v) is 9.84. The zero-order chi connectivity index (χ0) is 19.2. The number of methoxy groups -OCH3 is 1. The van der Waals surface area contributed by atoms with Gasteiger partial charge < -0.3 is 9.64 Å². The van der Waals surface area contributed by atoms with Gasteiger partial charge in [0.1, 0.15) is 11.8 Å². The molecule has 2 bridgehead atoms. The molecular weight excluding hydrogens is 364 g/mol. The Bertz CT molecular complexity index is 910. The molecule has 2 heterocycles. The van der Waals surface area contributed by atoms with Crippen LogP contribution in [-0.4, -0.2) is 50.1 Å². The van der Waals surface area contributed by atoms with E-state index in [1.54, 1.807) is 7.11 Å². The Morgan fingerprint density at radius 2 is 1.93 bits per heavy atom. The molecule has 0 aromatic heterocycles. The molecule has 1 amide bonds. The Kier molecular flexibility index (Phi) is 3.33. The molecule has 1 aromatic rings. The average molecular weight is 391 g/mol. The normalized spacial score (nSPS) is 37.4. The van der Waals surface area contributed by atoms with Crippen LogP contribution in [-0.2, 0) is 14.8 Å². The first-order valence-electron chi connectivity index (χ1n) is 9.68. The average Bonchev–Trinajstić information content (AvgIpc) is 3.29. The number of sulfonamides is 1. The third kappa shape index (κ3) is 2.12. The van der Waals surface area contributed by atoms with E-state index in [-0.39, 0.29) is 34.6 Å². The SMILES string of the molecule is COc1ccc(N2C[C@H]2C(=O)N2[C@H]3C[C@@H]4CC[C@@]3(CS2(=O)=O)C4(C)C)cc1. The monoisotopic (exact) mass is 390 g/mol. The van der Waals surface area contributed by atoms with Crippen molar-refractivity contribution in [1.29, 1.82) is 0 Å². The van der Waals surface area contributed by atoms with E-state index in [0.29, 0.717) is 12.5 Å². The summed E-state index contributed by atoms with van der Waals surface area (Å²) in [5.41, 5.74) is 0.652. The number of fused-ring (bicyclic) bond motifs is 1. The van der Waals surface area contributed by atoms with E-state index in [0.717, 1.165) is 30.7 Å². The quantitative estimate of drug-likeness (QED) is 0.741. The highest BCUT2D eigenvalue weighted by Gasteiger charge is 2.73. The number of ether oxygens (including phenoxy) is 1. The summed E-state index contributed by atoms with van der Waals surface area (Å²) in [6.45, 7) is 4.98. The van der Waals surface area contributed by atoms with Gasteiger partial charge in [0, 0.05) is 17.6 Å². The third-order valence-electron chi connectivity index (χ3n) is 7.93. The van der Waals surface area contributed by atoms with Crippen molar-refractivity contribution in [2.75, 3.05) is 24.3 Å². The van der Waals surface area contributed by atoms with E-state index in [9.17, 15) is 13.2 Å². The van der Waals surface area contributed by atoms with Crippen LogP contribution in [0.15, 0.2) is 24.3 Å². The fraction of sp³-hybridized carbons (Fsp3) is 0.650. The van der Waals surface area contributed by atoms with Gasteiger partial charge in [0.05, 0.1) is 18.9 Å². The smallest absolute Gasteiger partial charge is 0.260 e. The number of benzene rings is 1. The standard InChI is InChI=1S/C20H26N2O4S/c1-19(2)13-8-9-20(19)12-27(24,25)22(17(20)10-13)18(23)16-11-21(16)14-4-6-15(26-3)7-5-14/h4-7,13,16-17H,8-12H2,1-3H3/t13-,16-,17-,20-,21?/m0/s1. The molecule has 5 rings (SSSR count). The van der Waals surface area contributed by atoms with E-state index >= 15 is 0 Å². The lowest BCUT2D eigenvalue weighted by molar-refractivity contribution is -0.128. The van der Waals surface area contributed by atoms with Crippen LogP contribution in [0, 0.1) is 16.7 Å². The highest BCUT2D eigenvalue weighted by Crippen LogP contribution is 2.70. The second-order valence-electron chi connectivity index (χ2n) is 9.12. The van der Waals surface area contributed by atoms with Crippen molar-refractivity contribution in [3.63, 3.8) is 0 Å². The van der Waals surface area contributed by atoms with E-state index in [1.807, 2.05) is 29.2 Å². The first-order valence-corrected chi connectivity index (χ1v) is 11.3. The van der Waals surface area contributed by atoms with Gasteiger partial charge in [-0.05, 0) is 54.9 Å². The van der Waals surface area contributed by atoms with Crippen LogP contribution in [0.5, 0.6) is 5.75 Å². The lowest BCUT2D eigenvalue weighted by atomic mass is 9.69. The van der Waals surface area contributed by atoms with Crippen LogP contribution in [0.4, 0.5) is 5.69 Å². The van der Waals surface area contributed by atoms with Crippen LogP contribution >= 0.6 is 0 Å². The number of carbonyl (C=O) groups excluding carboxylic acids is 1. The first kappa shape index (κ1) is 17.3. The van der Waals surface area contributed by atoms with E-state index in [4.69, 9.17) is 4.74 Å². The maximum Gasteiger partial charge on any atom is 0.260 e. The Hall–Kier alpha value is -1.76. The summed E-state index contributed by atoms with van der Waals surface area (Å²) >= 11 is 0. The summed E-state index contributed by atoms with van der Waals surface area (Å²) in [7, 11) is -1.93. The first-order chi connectivity index (χ1) is 12.7. The van der Waals surface area contributed by atoms with Gasteiger partial charge in [0.15, 0.2) is 0 Å². The maximum absolute atomic E-state index is 13.2. The number of carbonyl (C=O) groups is 1. The van der Waals surface area contributed by atoms with Gasteiger partial charge in [-0.3, -0.25) is 4.79 Å².